The summed E-state index contributed by atoms with van der Waals surface area (Å²) >= 11 is 0. The minimum absolute atomic E-state index is 0.0800. The van der Waals surface area contributed by atoms with E-state index in [1.165, 1.54) is 9.80 Å². The number of nitrogens with zero attached hydrogens (tertiary/aromatic N) is 2. The highest BCUT2D eigenvalue weighted by Gasteiger charge is 2.32. The molecule has 0 aromatic carbocycles. The lowest BCUT2D eigenvalue weighted by molar-refractivity contribution is -0.125. The first kappa shape index (κ1) is 13.0. The van der Waals surface area contributed by atoms with Crippen molar-refractivity contribution < 1.29 is 9.59 Å². The van der Waals surface area contributed by atoms with Crippen molar-refractivity contribution in [3.63, 3.8) is 0 Å². The number of carbonyl (C=O) groups is 2. The Morgan fingerprint density at radius 3 is 2.62 bits per heavy atom. The maximum absolute atomic E-state index is 11.5. The summed E-state index contributed by atoms with van der Waals surface area (Å²) in [5.74, 6) is -0.0800. The predicted octanol–water partition coefficient (Wildman–Crippen LogP) is 0.659. The Morgan fingerprint density at radius 2 is 2.12 bits per heavy atom. The van der Waals surface area contributed by atoms with Crippen LogP contribution in [0.15, 0.2) is 0 Å². The average Bonchev–Trinajstić information content (AvgIpc) is 2.45. The van der Waals surface area contributed by atoms with Crippen LogP contribution in [-0.2, 0) is 4.79 Å². The van der Waals surface area contributed by atoms with Gasteiger partial charge in [0.15, 0.2) is 0 Å². The summed E-state index contributed by atoms with van der Waals surface area (Å²) in [6.45, 7) is 5.90. The number of amides is 3. The zero-order valence-corrected chi connectivity index (χ0v) is 10.3. The van der Waals surface area contributed by atoms with Crippen molar-refractivity contribution in [3.8, 4) is 0 Å². The third kappa shape index (κ3) is 3.20. The van der Waals surface area contributed by atoms with Gasteiger partial charge in [0.2, 0.25) is 5.91 Å². The molecule has 5 nitrogen and oxygen atoms in total. The minimum atomic E-state index is -0.166. The molecule has 0 aromatic rings. The fourth-order valence-corrected chi connectivity index (χ4v) is 1.90. The van der Waals surface area contributed by atoms with Gasteiger partial charge in [-0.1, -0.05) is 6.92 Å². The first-order valence-corrected chi connectivity index (χ1v) is 5.85. The van der Waals surface area contributed by atoms with Gasteiger partial charge in [-0.3, -0.25) is 9.69 Å². The molecule has 1 saturated heterocycles. The van der Waals surface area contributed by atoms with Crippen LogP contribution in [0.3, 0.4) is 0 Å². The molecule has 1 fully saturated rings. The van der Waals surface area contributed by atoms with Gasteiger partial charge in [0, 0.05) is 19.6 Å². The van der Waals surface area contributed by atoms with E-state index in [2.05, 4.69) is 19.2 Å². The molecule has 1 unspecified atom stereocenters. The molecule has 1 rings (SSSR count). The van der Waals surface area contributed by atoms with Crippen molar-refractivity contribution in [2.75, 3.05) is 26.7 Å². The molecule has 16 heavy (non-hydrogen) atoms. The fraction of sp³-hybridized carbons (Fsp3) is 0.818. The van der Waals surface area contributed by atoms with Crippen molar-refractivity contribution in [2.24, 2.45) is 0 Å². The van der Waals surface area contributed by atoms with Crippen LogP contribution >= 0.6 is 0 Å². The highest BCUT2D eigenvalue weighted by atomic mass is 16.2. The molecule has 0 spiro atoms. The Balaban J connectivity index is 2.27. The highest BCUT2D eigenvalue weighted by Crippen LogP contribution is 2.09. The van der Waals surface area contributed by atoms with E-state index in [1.54, 1.807) is 7.05 Å². The first-order valence-electron chi connectivity index (χ1n) is 5.85. The third-order valence-electron chi connectivity index (χ3n) is 2.80. The molecular formula is C11H21N3O2. The molecule has 1 aliphatic rings. The summed E-state index contributed by atoms with van der Waals surface area (Å²) in [4.78, 5) is 25.8. The van der Waals surface area contributed by atoms with Crippen LogP contribution in [0.2, 0.25) is 0 Å². The number of hydrogen-bond donors (Lipinski definition) is 1. The monoisotopic (exact) mass is 227 g/mol. The van der Waals surface area contributed by atoms with Crippen LogP contribution in [-0.4, -0.2) is 54.5 Å². The SMILES string of the molecule is CCNC(C)CCCN1C(=O)CN(C)C1=O. The molecule has 0 aliphatic carbocycles. The van der Waals surface area contributed by atoms with Gasteiger partial charge in [-0.25, -0.2) is 4.79 Å². The standard InChI is InChI=1S/C11H21N3O2/c1-4-12-9(2)6-5-7-14-10(15)8-13(3)11(14)16/h9,12H,4-8H2,1-3H3. The first-order chi connectivity index (χ1) is 7.56. The van der Waals surface area contributed by atoms with Gasteiger partial charge in [-0.2, -0.15) is 0 Å². The Morgan fingerprint density at radius 1 is 1.44 bits per heavy atom. The zero-order valence-electron chi connectivity index (χ0n) is 10.3. The topological polar surface area (TPSA) is 52.7 Å². The number of rotatable bonds is 6. The van der Waals surface area contributed by atoms with Crippen LogP contribution in [0.25, 0.3) is 0 Å². The van der Waals surface area contributed by atoms with Crippen LogP contribution in [0.1, 0.15) is 26.7 Å². The van der Waals surface area contributed by atoms with Gasteiger partial charge < -0.3 is 10.2 Å². The van der Waals surface area contributed by atoms with Crippen molar-refractivity contribution in [1.82, 2.24) is 15.1 Å². The molecule has 5 heteroatoms. The van der Waals surface area contributed by atoms with Gasteiger partial charge in [0.1, 0.15) is 6.54 Å². The zero-order chi connectivity index (χ0) is 12.1. The number of carbonyl (C=O) groups excluding carboxylic acids is 2. The molecule has 0 radical (unpaired) electrons. The van der Waals surface area contributed by atoms with Crippen LogP contribution in [0.4, 0.5) is 4.79 Å². The molecule has 0 bridgehead atoms. The van der Waals surface area contributed by atoms with Gasteiger partial charge >= 0.3 is 6.03 Å². The van der Waals surface area contributed by atoms with E-state index in [4.69, 9.17) is 0 Å². The van der Waals surface area contributed by atoms with Crippen LogP contribution < -0.4 is 5.32 Å². The van der Waals surface area contributed by atoms with Crippen LogP contribution in [0.5, 0.6) is 0 Å². The second kappa shape index (κ2) is 5.84. The van der Waals surface area contributed by atoms with Crippen molar-refractivity contribution in [3.05, 3.63) is 0 Å². The quantitative estimate of drug-likeness (QED) is 0.678. The molecular weight excluding hydrogens is 206 g/mol. The molecule has 3 amide bonds. The second-order valence-electron chi connectivity index (χ2n) is 4.28. The number of hydrogen-bond acceptors (Lipinski definition) is 3. The number of likely N-dealkylation sites (N-methyl/N-ethyl adjacent to an activating group) is 1. The second-order valence-corrected chi connectivity index (χ2v) is 4.28. The van der Waals surface area contributed by atoms with Crippen molar-refractivity contribution >= 4 is 11.9 Å². The molecule has 92 valence electrons. The van der Waals surface area contributed by atoms with E-state index < -0.39 is 0 Å². The van der Waals surface area contributed by atoms with Gasteiger partial charge in [-0.15, -0.1) is 0 Å². The Bertz CT molecular complexity index is 268. The number of imide groups is 1. The highest BCUT2D eigenvalue weighted by molar-refractivity contribution is 6.01. The van der Waals surface area contributed by atoms with E-state index in [0.29, 0.717) is 12.6 Å². The van der Waals surface area contributed by atoms with E-state index in [9.17, 15) is 9.59 Å². The number of nitrogens with one attached hydrogen (secondary N) is 1. The fourth-order valence-electron chi connectivity index (χ4n) is 1.90. The molecule has 1 atom stereocenters. The lowest BCUT2D eigenvalue weighted by atomic mass is 10.2. The van der Waals surface area contributed by atoms with Gasteiger partial charge in [-0.05, 0) is 26.3 Å². The molecule has 0 aromatic heterocycles. The summed E-state index contributed by atoms with van der Waals surface area (Å²) in [7, 11) is 1.65. The summed E-state index contributed by atoms with van der Waals surface area (Å²) in [6.07, 6.45) is 1.84. The Labute approximate surface area is 96.8 Å². The van der Waals surface area contributed by atoms with E-state index in [-0.39, 0.29) is 18.5 Å². The Hall–Kier alpha value is -1.10. The van der Waals surface area contributed by atoms with Crippen molar-refractivity contribution in [2.45, 2.75) is 32.7 Å². The van der Waals surface area contributed by atoms with Gasteiger partial charge in [0.05, 0.1) is 0 Å². The van der Waals surface area contributed by atoms with Crippen LogP contribution in [0, 0.1) is 0 Å². The maximum Gasteiger partial charge on any atom is 0.326 e. The smallest absolute Gasteiger partial charge is 0.318 e. The van der Waals surface area contributed by atoms with Crippen molar-refractivity contribution in [1.29, 1.82) is 0 Å². The normalized spacial score (nSPS) is 18.4. The summed E-state index contributed by atoms with van der Waals surface area (Å²) in [5.41, 5.74) is 0. The summed E-state index contributed by atoms with van der Waals surface area (Å²) in [5, 5.41) is 3.30. The Kier molecular flexibility index (Phi) is 4.73. The van der Waals surface area contributed by atoms with Gasteiger partial charge in [0.25, 0.3) is 0 Å². The molecule has 0 saturated carbocycles. The molecule has 1 aliphatic heterocycles. The molecule has 1 N–H and O–H groups in total. The summed E-state index contributed by atoms with van der Waals surface area (Å²) in [6, 6.07) is 0.275. The van der Waals surface area contributed by atoms with E-state index in [1.807, 2.05) is 0 Å². The van der Waals surface area contributed by atoms with E-state index in [0.717, 1.165) is 19.4 Å². The lowest BCUT2D eigenvalue weighted by Gasteiger charge is -2.16. The maximum atomic E-state index is 11.5. The minimum Gasteiger partial charge on any atom is -0.318 e. The van der Waals surface area contributed by atoms with E-state index >= 15 is 0 Å². The predicted molar refractivity (Wildman–Crippen MR) is 62.1 cm³/mol. The average molecular weight is 227 g/mol. The lowest BCUT2D eigenvalue weighted by Crippen LogP contribution is -2.33. The number of urea groups is 1. The summed E-state index contributed by atoms with van der Waals surface area (Å²) < 4.78 is 0. The molecule has 1 heterocycles. The largest absolute Gasteiger partial charge is 0.326 e. The third-order valence-corrected chi connectivity index (χ3v) is 2.80.